The highest BCUT2D eigenvalue weighted by Crippen LogP contribution is 2.16. The lowest BCUT2D eigenvalue weighted by Crippen LogP contribution is -2.10. The quantitative estimate of drug-likeness (QED) is 0.721. The molecule has 0 atom stereocenters. The molecule has 2 nitrogen and oxygen atoms in total. The van der Waals surface area contributed by atoms with Gasteiger partial charge in [-0.3, -0.25) is 4.79 Å². The molecule has 0 amide bonds. The van der Waals surface area contributed by atoms with E-state index in [0.29, 0.717) is 12.4 Å². The summed E-state index contributed by atoms with van der Waals surface area (Å²) in [6.45, 7) is 0.664. The van der Waals surface area contributed by atoms with E-state index in [-0.39, 0.29) is 12.4 Å². The first-order valence-corrected chi connectivity index (χ1v) is 7.14. The second kappa shape index (κ2) is 7.77. The third-order valence-corrected chi connectivity index (χ3v) is 3.59. The predicted molar refractivity (Wildman–Crippen MR) is 78.3 cm³/mol. The van der Waals surface area contributed by atoms with Crippen LogP contribution in [0.25, 0.3) is 0 Å². The average Bonchev–Trinajstić information content (AvgIpc) is 2.47. The Labute approximate surface area is 117 Å². The van der Waals surface area contributed by atoms with Gasteiger partial charge in [0, 0.05) is 4.90 Å². The number of hydrogen-bond donors (Lipinski definition) is 0. The van der Waals surface area contributed by atoms with Gasteiger partial charge in [0.25, 0.3) is 0 Å². The number of hydrogen-bond acceptors (Lipinski definition) is 3. The number of ether oxygens (including phenoxy) is 1. The maximum atomic E-state index is 11.7. The van der Waals surface area contributed by atoms with Crippen LogP contribution < -0.4 is 0 Å². The molecule has 0 heterocycles. The first kappa shape index (κ1) is 13.8. The number of benzene rings is 2. The van der Waals surface area contributed by atoms with Crippen LogP contribution in [0.15, 0.2) is 65.6 Å². The molecule has 2 rings (SSSR count). The van der Waals surface area contributed by atoms with Crippen molar-refractivity contribution in [2.45, 2.75) is 11.5 Å². The molecular formula is C16H16O2S. The molecule has 0 aliphatic heterocycles. The summed E-state index contributed by atoms with van der Waals surface area (Å²) >= 11 is 1.55. The van der Waals surface area contributed by atoms with Crippen LogP contribution in [0.3, 0.4) is 0 Å². The number of thioether (sulfide) groups is 1. The van der Waals surface area contributed by atoms with Crippen LogP contribution in [0.1, 0.15) is 5.56 Å². The third-order valence-electron chi connectivity index (χ3n) is 2.52. The largest absolute Gasteiger partial charge is 0.369 e. The number of Topliss-reactive ketones (excluding diaryl/α,β-unsaturated/α-hetero) is 1. The minimum Gasteiger partial charge on any atom is -0.369 e. The summed E-state index contributed by atoms with van der Waals surface area (Å²) in [5, 5.41) is 0. The molecule has 0 saturated heterocycles. The summed E-state index contributed by atoms with van der Waals surface area (Å²) in [6, 6.07) is 19.8. The molecule has 2 aromatic rings. The van der Waals surface area contributed by atoms with Gasteiger partial charge in [0.15, 0.2) is 5.78 Å². The lowest BCUT2D eigenvalue weighted by atomic mass is 10.2. The number of rotatable bonds is 7. The number of carbonyl (C=O) groups excluding carboxylic acids is 1. The van der Waals surface area contributed by atoms with E-state index < -0.39 is 0 Å². The Morgan fingerprint density at radius 2 is 1.58 bits per heavy atom. The molecule has 0 bridgehead atoms. The highest BCUT2D eigenvalue weighted by Gasteiger charge is 2.03. The zero-order valence-electron chi connectivity index (χ0n) is 10.6. The van der Waals surface area contributed by atoms with Crippen molar-refractivity contribution in [2.75, 3.05) is 12.4 Å². The predicted octanol–water partition coefficient (Wildman–Crippen LogP) is 3.56. The fourth-order valence-corrected chi connectivity index (χ4v) is 2.34. The van der Waals surface area contributed by atoms with Gasteiger partial charge >= 0.3 is 0 Å². The molecule has 0 unspecified atom stereocenters. The average molecular weight is 272 g/mol. The molecule has 0 N–H and O–H groups in total. The first-order chi connectivity index (χ1) is 9.34. The Morgan fingerprint density at radius 3 is 2.26 bits per heavy atom. The summed E-state index contributed by atoms with van der Waals surface area (Å²) < 4.78 is 5.41. The SMILES string of the molecule is O=C(COCc1ccccc1)CSc1ccccc1. The molecule has 3 heteroatoms. The molecule has 98 valence electrons. The van der Waals surface area contributed by atoms with Crippen molar-refractivity contribution in [3.63, 3.8) is 0 Å². The third kappa shape index (κ3) is 5.28. The second-order valence-corrected chi connectivity index (χ2v) is 5.17. The maximum Gasteiger partial charge on any atom is 0.168 e. The number of ketones is 1. The molecule has 0 spiro atoms. The molecular weight excluding hydrogens is 256 g/mol. The summed E-state index contributed by atoms with van der Waals surface area (Å²) in [6.07, 6.45) is 0. The first-order valence-electron chi connectivity index (χ1n) is 6.16. The maximum absolute atomic E-state index is 11.7. The van der Waals surface area contributed by atoms with E-state index >= 15 is 0 Å². The highest BCUT2D eigenvalue weighted by molar-refractivity contribution is 8.00. The molecule has 0 fully saturated rings. The van der Waals surface area contributed by atoms with Gasteiger partial charge in [0.2, 0.25) is 0 Å². The van der Waals surface area contributed by atoms with Gasteiger partial charge in [0.1, 0.15) is 6.61 Å². The van der Waals surface area contributed by atoms with Gasteiger partial charge in [-0.2, -0.15) is 0 Å². The Kier molecular flexibility index (Phi) is 5.66. The Bertz CT molecular complexity index is 497. The van der Waals surface area contributed by atoms with Crippen molar-refractivity contribution < 1.29 is 9.53 Å². The van der Waals surface area contributed by atoms with Crippen molar-refractivity contribution in [1.29, 1.82) is 0 Å². The van der Waals surface area contributed by atoms with Crippen molar-refractivity contribution >= 4 is 17.5 Å². The van der Waals surface area contributed by atoms with E-state index in [1.807, 2.05) is 60.7 Å². The Morgan fingerprint density at radius 1 is 0.947 bits per heavy atom. The summed E-state index contributed by atoms with van der Waals surface area (Å²) in [7, 11) is 0. The minimum absolute atomic E-state index is 0.116. The summed E-state index contributed by atoms with van der Waals surface area (Å²) in [5.41, 5.74) is 1.09. The van der Waals surface area contributed by atoms with Crippen molar-refractivity contribution in [3.8, 4) is 0 Å². The molecule has 0 aromatic heterocycles. The van der Waals surface area contributed by atoms with Gasteiger partial charge < -0.3 is 4.74 Å². The zero-order chi connectivity index (χ0) is 13.3. The fourth-order valence-electron chi connectivity index (χ4n) is 1.58. The van der Waals surface area contributed by atoms with Gasteiger partial charge in [-0.15, -0.1) is 11.8 Å². The second-order valence-electron chi connectivity index (χ2n) is 4.12. The normalized spacial score (nSPS) is 10.3. The Balaban J connectivity index is 1.65. The van der Waals surface area contributed by atoms with Crippen LogP contribution in [-0.4, -0.2) is 18.1 Å². The van der Waals surface area contributed by atoms with Crippen LogP contribution in [0.5, 0.6) is 0 Å². The van der Waals surface area contributed by atoms with Crippen LogP contribution in [0, 0.1) is 0 Å². The van der Waals surface area contributed by atoms with E-state index in [2.05, 4.69) is 0 Å². The van der Waals surface area contributed by atoms with E-state index in [9.17, 15) is 4.79 Å². The smallest absolute Gasteiger partial charge is 0.168 e. The monoisotopic (exact) mass is 272 g/mol. The topological polar surface area (TPSA) is 26.3 Å². The molecule has 0 aliphatic rings. The van der Waals surface area contributed by atoms with Crippen LogP contribution in [0.4, 0.5) is 0 Å². The van der Waals surface area contributed by atoms with Gasteiger partial charge in [-0.25, -0.2) is 0 Å². The van der Waals surface area contributed by atoms with Crippen molar-refractivity contribution in [3.05, 3.63) is 66.2 Å². The minimum atomic E-state index is 0.116. The van der Waals surface area contributed by atoms with Crippen LogP contribution >= 0.6 is 11.8 Å². The van der Waals surface area contributed by atoms with E-state index in [1.54, 1.807) is 11.8 Å². The molecule has 0 aliphatic carbocycles. The van der Waals surface area contributed by atoms with Gasteiger partial charge in [-0.1, -0.05) is 48.5 Å². The summed E-state index contributed by atoms with van der Waals surface area (Å²) in [4.78, 5) is 12.8. The van der Waals surface area contributed by atoms with E-state index in [1.165, 1.54) is 0 Å². The zero-order valence-corrected chi connectivity index (χ0v) is 11.4. The fraction of sp³-hybridized carbons (Fsp3) is 0.188. The molecule has 0 radical (unpaired) electrons. The molecule has 19 heavy (non-hydrogen) atoms. The van der Waals surface area contributed by atoms with Crippen LogP contribution in [-0.2, 0) is 16.1 Å². The number of carbonyl (C=O) groups is 1. The van der Waals surface area contributed by atoms with Crippen molar-refractivity contribution in [2.24, 2.45) is 0 Å². The van der Waals surface area contributed by atoms with E-state index in [0.717, 1.165) is 10.5 Å². The van der Waals surface area contributed by atoms with Crippen LogP contribution in [0.2, 0.25) is 0 Å². The van der Waals surface area contributed by atoms with Gasteiger partial charge in [-0.05, 0) is 17.7 Å². The lowest BCUT2D eigenvalue weighted by Gasteiger charge is -2.04. The van der Waals surface area contributed by atoms with E-state index in [4.69, 9.17) is 4.74 Å². The molecule has 2 aromatic carbocycles. The lowest BCUT2D eigenvalue weighted by molar-refractivity contribution is -0.121. The Hall–Kier alpha value is -1.58. The standard InChI is InChI=1S/C16H16O2S/c17-15(13-19-16-9-5-2-6-10-16)12-18-11-14-7-3-1-4-8-14/h1-10H,11-13H2. The molecule has 0 saturated carbocycles. The summed E-state index contributed by atoms with van der Waals surface area (Å²) in [5.74, 6) is 0.573. The van der Waals surface area contributed by atoms with Gasteiger partial charge in [0.05, 0.1) is 12.4 Å². The van der Waals surface area contributed by atoms with Crippen molar-refractivity contribution in [1.82, 2.24) is 0 Å². The highest BCUT2D eigenvalue weighted by atomic mass is 32.2.